The molecule has 1 aromatic carbocycles. The number of aliphatic carboxylic acids is 1. The van der Waals surface area contributed by atoms with E-state index >= 15 is 0 Å². The van der Waals surface area contributed by atoms with Gasteiger partial charge in [-0.1, -0.05) is 17.7 Å². The molecule has 17 heavy (non-hydrogen) atoms. The number of benzene rings is 1. The molecule has 0 spiro atoms. The lowest BCUT2D eigenvalue weighted by molar-refractivity contribution is -0.131. The number of carboxylic acid groups (broad SMARTS) is 1. The van der Waals surface area contributed by atoms with E-state index in [9.17, 15) is 4.79 Å². The van der Waals surface area contributed by atoms with Gasteiger partial charge in [-0.05, 0) is 23.8 Å². The van der Waals surface area contributed by atoms with E-state index < -0.39 is 5.97 Å². The molecule has 1 aromatic heterocycles. The number of nitrogens with zero attached hydrogens (tertiary/aromatic N) is 3. The molecule has 0 saturated heterocycles. The van der Waals surface area contributed by atoms with Crippen LogP contribution in [-0.2, 0) is 4.79 Å². The van der Waals surface area contributed by atoms with Crippen molar-refractivity contribution in [1.82, 2.24) is 14.8 Å². The van der Waals surface area contributed by atoms with Gasteiger partial charge < -0.3 is 5.11 Å². The summed E-state index contributed by atoms with van der Waals surface area (Å²) in [5, 5.41) is 12.9. The highest BCUT2D eigenvalue weighted by Crippen LogP contribution is 2.21. The minimum absolute atomic E-state index is 0.475. The average Bonchev–Trinajstić information content (AvgIpc) is 2.79. The second-order valence-corrected chi connectivity index (χ2v) is 3.63. The van der Waals surface area contributed by atoms with Crippen LogP contribution in [0.4, 0.5) is 0 Å². The summed E-state index contributed by atoms with van der Waals surface area (Å²) in [6.45, 7) is 0. The van der Waals surface area contributed by atoms with E-state index in [0.717, 1.165) is 6.08 Å². The predicted octanol–water partition coefficient (Wildman–Crippen LogP) is 2.02. The second-order valence-electron chi connectivity index (χ2n) is 3.22. The minimum Gasteiger partial charge on any atom is -0.478 e. The van der Waals surface area contributed by atoms with Gasteiger partial charge in [0.15, 0.2) is 0 Å². The van der Waals surface area contributed by atoms with Crippen LogP contribution < -0.4 is 0 Å². The van der Waals surface area contributed by atoms with Crippen LogP contribution in [0.2, 0.25) is 5.02 Å². The lowest BCUT2D eigenvalue weighted by Gasteiger charge is -2.04. The van der Waals surface area contributed by atoms with Crippen LogP contribution in [0.15, 0.2) is 36.9 Å². The van der Waals surface area contributed by atoms with Gasteiger partial charge in [0.2, 0.25) is 0 Å². The minimum atomic E-state index is -0.999. The monoisotopic (exact) mass is 249 g/mol. The van der Waals surface area contributed by atoms with E-state index in [4.69, 9.17) is 16.7 Å². The number of hydrogen-bond donors (Lipinski definition) is 1. The molecule has 0 amide bonds. The molecule has 0 bridgehead atoms. The Labute approximate surface area is 102 Å². The van der Waals surface area contributed by atoms with Gasteiger partial charge >= 0.3 is 5.97 Å². The third-order valence-electron chi connectivity index (χ3n) is 2.06. The van der Waals surface area contributed by atoms with Crippen molar-refractivity contribution in [2.75, 3.05) is 0 Å². The molecule has 0 aliphatic heterocycles. The first kappa shape index (κ1) is 11.3. The van der Waals surface area contributed by atoms with Gasteiger partial charge in [-0.25, -0.2) is 14.5 Å². The first-order valence-corrected chi connectivity index (χ1v) is 5.10. The van der Waals surface area contributed by atoms with Crippen LogP contribution >= 0.6 is 11.6 Å². The third-order valence-corrected chi connectivity index (χ3v) is 2.36. The largest absolute Gasteiger partial charge is 0.478 e. The Bertz CT molecular complexity index is 564. The van der Waals surface area contributed by atoms with Gasteiger partial charge in [-0.3, -0.25) is 0 Å². The van der Waals surface area contributed by atoms with Crippen molar-refractivity contribution in [2.45, 2.75) is 0 Å². The first-order valence-electron chi connectivity index (χ1n) is 4.72. The average molecular weight is 250 g/mol. The van der Waals surface area contributed by atoms with Gasteiger partial charge in [0.25, 0.3) is 0 Å². The zero-order valence-corrected chi connectivity index (χ0v) is 9.37. The fraction of sp³-hybridized carbons (Fsp3) is 0. The lowest BCUT2D eigenvalue weighted by Crippen LogP contribution is -1.95. The summed E-state index contributed by atoms with van der Waals surface area (Å²) in [5.74, 6) is -0.999. The topological polar surface area (TPSA) is 68.0 Å². The number of rotatable bonds is 3. The van der Waals surface area contributed by atoms with E-state index in [2.05, 4.69) is 10.1 Å². The maximum Gasteiger partial charge on any atom is 0.328 e. The van der Waals surface area contributed by atoms with Crippen molar-refractivity contribution in [2.24, 2.45) is 0 Å². The summed E-state index contributed by atoms with van der Waals surface area (Å²) in [5.41, 5.74) is 1.40. The molecular formula is C11H8ClN3O2. The van der Waals surface area contributed by atoms with Gasteiger partial charge in [0, 0.05) is 6.08 Å². The number of carbonyl (C=O) groups is 1. The number of halogens is 1. The molecule has 1 heterocycles. The Hall–Kier alpha value is -2.14. The van der Waals surface area contributed by atoms with Gasteiger partial charge in [-0.2, -0.15) is 5.10 Å². The Morgan fingerprint density at radius 3 is 2.88 bits per heavy atom. The fourth-order valence-corrected chi connectivity index (χ4v) is 1.59. The van der Waals surface area contributed by atoms with E-state index in [0.29, 0.717) is 16.3 Å². The van der Waals surface area contributed by atoms with Gasteiger partial charge in [-0.15, -0.1) is 0 Å². The summed E-state index contributed by atoms with van der Waals surface area (Å²) in [6, 6.07) is 5.17. The van der Waals surface area contributed by atoms with Crippen LogP contribution in [0.1, 0.15) is 5.56 Å². The molecule has 0 saturated carbocycles. The molecule has 0 aliphatic carbocycles. The summed E-state index contributed by atoms with van der Waals surface area (Å²) in [4.78, 5) is 14.2. The maximum absolute atomic E-state index is 10.4. The van der Waals surface area contributed by atoms with Crippen LogP contribution in [0, 0.1) is 0 Å². The smallest absolute Gasteiger partial charge is 0.328 e. The number of carboxylic acids is 1. The van der Waals surface area contributed by atoms with Crippen molar-refractivity contribution >= 4 is 23.6 Å². The standard InChI is InChI=1S/C11H8ClN3O2/c12-9-5-8(2-4-11(16)17)1-3-10(9)15-7-13-6-14-15/h1-7H,(H,16,17). The number of hydrogen-bond acceptors (Lipinski definition) is 3. The SMILES string of the molecule is O=C(O)C=Cc1ccc(-n2cncn2)c(Cl)c1. The molecule has 86 valence electrons. The van der Waals surface area contributed by atoms with Crippen LogP contribution in [0.25, 0.3) is 11.8 Å². The Balaban J connectivity index is 2.32. The van der Waals surface area contributed by atoms with Crippen molar-refractivity contribution in [3.8, 4) is 5.69 Å². The maximum atomic E-state index is 10.4. The van der Waals surface area contributed by atoms with Crippen molar-refractivity contribution in [3.63, 3.8) is 0 Å². The van der Waals surface area contributed by atoms with E-state index in [1.165, 1.54) is 23.4 Å². The van der Waals surface area contributed by atoms with Gasteiger partial charge in [0.05, 0.1) is 10.7 Å². The Kier molecular flexibility index (Phi) is 3.20. The molecule has 2 rings (SSSR count). The van der Waals surface area contributed by atoms with E-state index in [-0.39, 0.29) is 0 Å². The molecular weight excluding hydrogens is 242 g/mol. The van der Waals surface area contributed by atoms with Crippen molar-refractivity contribution in [3.05, 3.63) is 47.5 Å². The number of aromatic nitrogens is 3. The molecule has 1 N–H and O–H groups in total. The van der Waals surface area contributed by atoms with Crippen molar-refractivity contribution < 1.29 is 9.90 Å². The Morgan fingerprint density at radius 2 is 2.29 bits per heavy atom. The summed E-state index contributed by atoms with van der Waals surface area (Å²) in [7, 11) is 0. The van der Waals surface area contributed by atoms with Gasteiger partial charge in [0.1, 0.15) is 12.7 Å². The molecule has 0 aliphatic rings. The first-order chi connectivity index (χ1) is 8.16. The highest BCUT2D eigenvalue weighted by Gasteiger charge is 2.03. The van der Waals surface area contributed by atoms with Crippen LogP contribution in [0.5, 0.6) is 0 Å². The molecule has 0 atom stereocenters. The zero-order chi connectivity index (χ0) is 12.3. The second kappa shape index (κ2) is 4.80. The van der Waals surface area contributed by atoms with E-state index in [1.807, 2.05) is 0 Å². The van der Waals surface area contributed by atoms with E-state index in [1.54, 1.807) is 18.2 Å². The quantitative estimate of drug-likeness (QED) is 0.845. The molecule has 0 unspecified atom stereocenters. The molecule has 2 aromatic rings. The summed E-state index contributed by atoms with van der Waals surface area (Å²) >= 11 is 6.07. The molecule has 0 fully saturated rings. The zero-order valence-electron chi connectivity index (χ0n) is 8.62. The fourth-order valence-electron chi connectivity index (χ4n) is 1.31. The lowest BCUT2D eigenvalue weighted by atomic mass is 10.2. The van der Waals surface area contributed by atoms with Crippen molar-refractivity contribution in [1.29, 1.82) is 0 Å². The third kappa shape index (κ3) is 2.70. The van der Waals surface area contributed by atoms with Crippen LogP contribution in [-0.4, -0.2) is 25.8 Å². The summed E-state index contributed by atoms with van der Waals surface area (Å²) in [6.07, 6.45) is 5.47. The molecule has 6 heteroatoms. The summed E-state index contributed by atoms with van der Waals surface area (Å²) < 4.78 is 1.53. The normalized spacial score (nSPS) is 10.9. The molecule has 0 radical (unpaired) electrons. The molecule has 5 nitrogen and oxygen atoms in total. The van der Waals surface area contributed by atoms with Crippen LogP contribution in [0.3, 0.4) is 0 Å². The predicted molar refractivity (Wildman–Crippen MR) is 63.0 cm³/mol. The highest BCUT2D eigenvalue weighted by atomic mass is 35.5. The highest BCUT2D eigenvalue weighted by molar-refractivity contribution is 6.32. The Morgan fingerprint density at radius 1 is 1.47 bits per heavy atom.